The molecule has 30 heavy (non-hydrogen) atoms. The highest BCUT2D eigenvalue weighted by molar-refractivity contribution is 5.82. The maximum Gasteiger partial charge on any atom is 0.407 e. The fourth-order valence-electron chi connectivity index (χ4n) is 4.60. The normalized spacial score (nSPS) is 22.3. The first-order chi connectivity index (χ1) is 14.5. The topological polar surface area (TPSA) is 76.1 Å². The summed E-state index contributed by atoms with van der Waals surface area (Å²) >= 11 is 0. The van der Waals surface area contributed by atoms with Gasteiger partial charge in [-0.1, -0.05) is 17.3 Å². The molecule has 7 heteroatoms. The lowest BCUT2D eigenvalue weighted by molar-refractivity contribution is 0.112. The van der Waals surface area contributed by atoms with Crippen LogP contribution in [0.15, 0.2) is 47.8 Å². The summed E-state index contributed by atoms with van der Waals surface area (Å²) in [5.74, 6) is 0.337. The molecule has 2 aromatic rings. The molecule has 2 heterocycles. The van der Waals surface area contributed by atoms with Gasteiger partial charge in [0.25, 0.3) is 0 Å². The minimum atomic E-state index is -0.340. The molecule has 3 atom stereocenters. The number of alkyl carbamates (subject to hydrolysis) is 1. The van der Waals surface area contributed by atoms with E-state index in [0.29, 0.717) is 12.0 Å². The number of hydrogen-bond acceptors (Lipinski definition) is 6. The first-order valence-electron chi connectivity index (χ1n) is 10.4. The molecule has 0 bridgehead atoms. The van der Waals surface area contributed by atoms with Gasteiger partial charge in [0.15, 0.2) is 0 Å². The molecule has 1 aliphatic heterocycles. The van der Waals surface area contributed by atoms with Gasteiger partial charge in [0.05, 0.1) is 24.6 Å². The second-order valence-electron chi connectivity index (χ2n) is 8.12. The fraction of sp³-hybridized carbons (Fsp3) is 0.435. The molecule has 0 saturated heterocycles. The third-order valence-electron chi connectivity index (χ3n) is 5.72. The molecule has 1 saturated carbocycles. The lowest BCUT2D eigenvalue weighted by Crippen LogP contribution is -2.37. The zero-order valence-electron chi connectivity index (χ0n) is 17.6. The summed E-state index contributed by atoms with van der Waals surface area (Å²) < 4.78 is 5.28. The van der Waals surface area contributed by atoms with Gasteiger partial charge in [-0.2, -0.15) is 0 Å². The molecule has 2 unspecified atom stereocenters. The summed E-state index contributed by atoms with van der Waals surface area (Å²) in [6.07, 6.45) is 4.84. The Balaban J connectivity index is 1.59. The monoisotopic (exact) mass is 408 g/mol. The average molecular weight is 409 g/mol. The van der Waals surface area contributed by atoms with Crippen LogP contribution < -0.4 is 10.2 Å². The Kier molecular flexibility index (Phi) is 5.88. The van der Waals surface area contributed by atoms with Crippen molar-refractivity contribution >= 4 is 18.0 Å². The maximum atomic E-state index is 12.1. The second kappa shape index (κ2) is 8.73. The van der Waals surface area contributed by atoms with Crippen molar-refractivity contribution in [3.05, 3.63) is 59.4 Å². The summed E-state index contributed by atoms with van der Waals surface area (Å²) in [5.41, 5.74) is 4.56. The summed E-state index contributed by atoms with van der Waals surface area (Å²) in [6, 6.07) is 12.8. The van der Waals surface area contributed by atoms with E-state index in [1.54, 1.807) is 6.21 Å². The molecule has 158 valence electrons. The largest absolute Gasteiger partial charge is 0.447 e. The van der Waals surface area contributed by atoms with Crippen molar-refractivity contribution in [1.29, 1.82) is 0 Å². The summed E-state index contributed by atoms with van der Waals surface area (Å²) in [6.45, 7) is 4.46. The number of ether oxygens (including phenoxy) is 1. The van der Waals surface area contributed by atoms with Crippen molar-refractivity contribution in [3.8, 4) is 0 Å². The van der Waals surface area contributed by atoms with Crippen LogP contribution in [0.5, 0.6) is 0 Å². The third kappa shape index (κ3) is 4.25. The molecule has 1 aliphatic carbocycles. The maximum absolute atomic E-state index is 12.1. The number of carbonyl (C=O) groups excluding carboxylic acids is 1. The summed E-state index contributed by atoms with van der Waals surface area (Å²) in [7, 11) is 1.54. The van der Waals surface area contributed by atoms with E-state index in [2.05, 4.69) is 44.6 Å². The zero-order chi connectivity index (χ0) is 21.1. The van der Waals surface area contributed by atoms with E-state index in [0.717, 1.165) is 30.6 Å². The quantitative estimate of drug-likeness (QED) is 0.581. The number of benzene rings is 1. The van der Waals surface area contributed by atoms with E-state index in [9.17, 15) is 4.79 Å². The van der Waals surface area contributed by atoms with Gasteiger partial charge in [-0.3, -0.25) is 4.98 Å². The Bertz CT molecular complexity index is 916. The Morgan fingerprint density at radius 3 is 2.93 bits per heavy atom. The number of anilines is 1. The van der Waals surface area contributed by atoms with E-state index >= 15 is 0 Å². The van der Waals surface area contributed by atoms with E-state index < -0.39 is 0 Å². The molecule has 2 aliphatic rings. The minimum absolute atomic E-state index is 0.0851. The molecule has 0 radical (unpaired) electrons. The van der Waals surface area contributed by atoms with Crippen LogP contribution in [0.1, 0.15) is 49.4 Å². The third-order valence-corrected chi connectivity index (χ3v) is 5.72. The average Bonchev–Trinajstić information content (AvgIpc) is 3.24. The highest BCUT2D eigenvalue weighted by atomic mass is 16.6. The van der Waals surface area contributed by atoms with Crippen LogP contribution in [0.3, 0.4) is 0 Å². The SMILES string of the molecule is CO/N=C/c1ccc2c(c1)C1C[C@H](NC(=O)OC(C)C)CC1N2Cc1ccccn1. The van der Waals surface area contributed by atoms with E-state index in [4.69, 9.17) is 9.57 Å². The van der Waals surface area contributed by atoms with Gasteiger partial charge >= 0.3 is 6.09 Å². The zero-order valence-corrected chi connectivity index (χ0v) is 17.6. The molecule has 7 nitrogen and oxygen atoms in total. The molecular weight excluding hydrogens is 380 g/mol. The van der Waals surface area contributed by atoms with Gasteiger partial charge < -0.3 is 19.8 Å². The van der Waals surface area contributed by atoms with E-state index in [1.165, 1.54) is 18.4 Å². The number of rotatable bonds is 6. The van der Waals surface area contributed by atoms with Crippen molar-refractivity contribution in [2.75, 3.05) is 12.0 Å². The standard InChI is InChI=1S/C23H28N4O3/c1-15(2)30-23(28)26-18-11-20-19-10-16(13-25-29-3)7-8-21(19)27(22(20)12-18)14-17-6-4-5-9-24-17/h4-10,13,15,18,20,22H,11-12,14H2,1-3H3,(H,26,28)/b25-13+/t18-,20?,22?/m0/s1. The first kappa shape index (κ1) is 20.2. The molecular formula is C23H28N4O3. The van der Waals surface area contributed by atoms with Gasteiger partial charge in [-0.05, 0) is 62.1 Å². The number of pyridine rings is 1. The van der Waals surface area contributed by atoms with Crippen LogP contribution in [0.4, 0.5) is 10.5 Å². The van der Waals surface area contributed by atoms with Crippen LogP contribution in [-0.2, 0) is 16.1 Å². The Labute approximate surface area is 177 Å². The Hall–Kier alpha value is -3.09. The number of nitrogens with one attached hydrogen (secondary N) is 1. The smallest absolute Gasteiger partial charge is 0.407 e. The molecule has 1 aromatic carbocycles. The first-order valence-corrected chi connectivity index (χ1v) is 10.4. The van der Waals surface area contributed by atoms with Gasteiger partial charge in [0.1, 0.15) is 7.11 Å². The van der Waals surface area contributed by atoms with Crippen molar-refractivity contribution in [2.24, 2.45) is 5.16 Å². The lowest BCUT2D eigenvalue weighted by Gasteiger charge is -2.27. The molecule has 4 rings (SSSR count). The van der Waals surface area contributed by atoms with E-state index in [1.807, 2.05) is 32.2 Å². The van der Waals surface area contributed by atoms with Crippen molar-refractivity contribution in [1.82, 2.24) is 10.3 Å². The number of carbonyl (C=O) groups is 1. The number of fused-ring (bicyclic) bond motifs is 3. The van der Waals surface area contributed by atoms with Crippen molar-refractivity contribution < 1.29 is 14.4 Å². The Morgan fingerprint density at radius 1 is 1.33 bits per heavy atom. The number of amides is 1. The molecule has 1 aromatic heterocycles. The predicted molar refractivity (Wildman–Crippen MR) is 116 cm³/mol. The fourth-order valence-corrected chi connectivity index (χ4v) is 4.60. The molecule has 1 N–H and O–H groups in total. The number of hydrogen-bond donors (Lipinski definition) is 1. The Morgan fingerprint density at radius 2 is 2.20 bits per heavy atom. The van der Waals surface area contributed by atoms with Crippen LogP contribution >= 0.6 is 0 Å². The number of aromatic nitrogens is 1. The summed E-state index contributed by atoms with van der Waals surface area (Å²) in [5, 5.41) is 6.95. The van der Waals surface area contributed by atoms with Crippen LogP contribution in [0.25, 0.3) is 0 Å². The summed E-state index contributed by atoms with van der Waals surface area (Å²) in [4.78, 5) is 23.9. The van der Waals surface area contributed by atoms with E-state index in [-0.39, 0.29) is 18.2 Å². The van der Waals surface area contributed by atoms with Crippen LogP contribution in [0, 0.1) is 0 Å². The van der Waals surface area contributed by atoms with Gasteiger partial charge in [-0.15, -0.1) is 0 Å². The van der Waals surface area contributed by atoms with Gasteiger partial charge in [0, 0.05) is 29.9 Å². The lowest BCUT2D eigenvalue weighted by atomic mass is 9.96. The van der Waals surface area contributed by atoms with Gasteiger partial charge in [-0.25, -0.2) is 4.79 Å². The number of oxime groups is 1. The number of nitrogens with zero attached hydrogens (tertiary/aromatic N) is 3. The molecule has 0 spiro atoms. The van der Waals surface area contributed by atoms with Crippen molar-refractivity contribution in [3.63, 3.8) is 0 Å². The van der Waals surface area contributed by atoms with Crippen LogP contribution in [-0.4, -0.2) is 42.6 Å². The predicted octanol–water partition coefficient (Wildman–Crippen LogP) is 3.83. The highest BCUT2D eigenvalue weighted by Crippen LogP contribution is 2.50. The highest BCUT2D eigenvalue weighted by Gasteiger charge is 2.45. The second-order valence-corrected chi connectivity index (χ2v) is 8.12. The molecule has 1 fully saturated rings. The van der Waals surface area contributed by atoms with Crippen molar-refractivity contribution in [2.45, 2.75) is 57.3 Å². The van der Waals surface area contributed by atoms with Crippen LogP contribution in [0.2, 0.25) is 0 Å². The molecule has 1 amide bonds. The van der Waals surface area contributed by atoms with Gasteiger partial charge in [0.2, 0.25) is 0 Å². The minimum Gasteiger partial charge on any atom is -0.447 e.